The van der Waals surface area contributed by atoms with Gasteiger partial charge in [0.05, 0.1) is 28.9 Å². The molecule has 0 aliphatic carbocycles. The molecule has 6 N–H and O–H groups in total. The van der Waals surface area contributed by atoms with E-state index in [2.05, 4.69) is 5.32 Å². The molecule has 0 aliphatic rings. The van der Waals surface area contributed by atoms with E-state index >= 15 is 0 Å². The molecule has 0 heterocycles. The first kappa shape index (κ1) is 14.7. The molecule has 0 saturated carbocycles. The van der Waals surface area contributed by atoms with Gasteiger partial charge in [-0.2, -0.15) is 0 Å². The molecular formula is C11H19N3O3S. The predicted octanol–water partition coefficient (Wildman–Crippen LogP) is 0.345. The van der Waals surface area contributed by atoms with Crippen molar-refractivity contribution in [2.75, 3.05) is 17.7 Å². The minimum atomic E-state index is -3.75. The van der Waals surface area contributed by atoms with E-state index in [1.165, 1.54) is 12.1 Å². The van der Waals surface area contributed by atoms with Gasteiger partial charge in [-0.15, -0.1) is 0 Å². The summed E-state index contributed by atoms with van der Waals surface area (Å²) in [5, 5.41) is 17.3. The molecule has 0 amide bonds. The van der Waals surface area contributed by atoms with Crippen LogP contribution in [-0.2, 0) is 10.0 Å². The number of hydrogen-bond acceptors (Lipinski definition) is 5. The Morgan fingerprint density at radius 2 is 2.00 bits per heavy atom. The summed E-state index contributed by atoms with van der Waals surface area (Å²) in [4.78, 5) is -0.0318. The van der Waals surface area contributed by atoms with Crippen LogP contribution < -0.4 is 16.2 Å². The largest absolute Gasteiger partial charge is 0.397 e. The molecule has 0 spiro atoms. The smallest absolute Gasteiger partial charge is 0.238 e. The van der Waals surface area contributed by atoms with Crippen LogP contribution >= 0.6 is 0 Å². The van der Waals surface area contributed by atoms with Gasteiger partial charge >= 0.3 is 0 Å². The fourth-order valence-corrected chi connectivity index (χ4v) is 2.02. The number of nitrogen functional groups attached to an aromatic ring is 1. The Labute approximate surface area is 107 Å². The number of benzene rings is 1. The van der Waals surface area contributed by atoms with Crippen molar-refractivity contribution in [2.45, 2.75) is 24.8 Å². The highest BCUT2D eigenvalue weighted by Gasteiger charge is 2.15. The summed E-state index contributed by atoms with van der Waals surface area (Å²) in [5.41, 5.74) is 6.61. The first-order valence-electron chi connectivity index (χ1n) is 5.55. The molecule has 0 radical (unpaired) electrons. The van der Waals surface area contributed by atoms with Crippen LogP contribution in [0.25, 0.3) is 0 Å². The number of sulfonamides is 1. The standard InChI is InChI=1S/C11H19N3O3S/c1-7(2)11(6-15)14-10-4-3-8(5-9(10)12)18(13,16)17/h3-5,7,11,14-15H,6,12H2,1-2H3,(H2,13,16,17)/t11-/m1/s1. The van der Waals surface area contributed by atoms with Crippen molar-refractivity contribution in [1.82, 2.24) is 0 Å². The molecule has 0 saturated heterocycles. The van der Waals surface area contributed by atoms with E-state index in [0.717, 1.165) is 0 Å². The van der Waals surface area contributed by atoms with Crippen LogP contribution in [0.2, 0.25) is 0 Å². The van der Waals surface area contributed by atoms with Crippen LogP contribution in [0.1, 0.15) is 13.8 Å². The van der Waals surface area contributed by atoms with E-state index in [1.54, 1.807) is 6.07 Å². The average molecular weight is 273 g/mol. The molecule has 0 aliphatic heterocycles. The number of primary sulfonamides is 1. The van der Waals surface area contributed by atoms with Crippen LogP contribution in [0.15, 0.2) is 23.1 Å². The summed E-state index contributed by atoms with van der Waals surface area (Å²) in [6.45, 7) is 3.89. The van der Waals surface area contributed by atoms with Gasteiger partial charge < -0.3 is 16.2 Å². The zero-order valence-corrected chi connectivity index (χ0v) is 11.2. The molecule has 1 rings (SSSR count). The van der Waals surface area contributed by atoms with Crippen LogP contribution in [0, 0.1) is 5.92 Å². The second-order valence-corrected chi connectivity index (χ2v) is 6.03. The fraction of sp³-hybridized carbons (Fsp3) is 0.455. The maximum atomic E-state index is 11.1. The normalized spacial score (nSPS) is 13.6. The second kappa shape index (κ2) is 5.55. The van der Waals surface area contributed by atoms with E-state index in [1.807, 2.05) is 13.8 Å². The Kier molecular flexibility index (Phi) is 4.55. The minimum Gasteiger partial charge on any atom is -0.397 e. The van der Waals surface area contributed by atoms with Gasteiger partial charge in [-0.1, -0.05) is 13.8 Å². The Morgan fingerprint density at radius 1 is 1.39 bits per heavy atom. The van der Waals surface area contributed by atoms with Gasteiger partial charge in [-0.25, -0.2) is 13.6 Å². The molecule has 1 aromatic carbocycles. The summed E-state index contributed by atoms with van der Waals surface area (Å²) < 4.78 is 22.3. The van der Waals surface area contributed by atoms with E-state index in [-0.39, 0.29) is 29.1 Å². The molecule has 0 unspecified atom stereocenters. The van der Waals surface area contributed by atoms with Gasteiger partial charge in [0.2, 0.25) is 10.0 Å². The van der Waals surface area contributed by atoms with Crippen molar-refractivity contribution in [2.24, 2.45) is 11.1 Å². The highest BCUT2D eigenvalue weighted by Crippen LogP contribution is 2.23. The van der Waals surface area contributed by atoms with Crippen LogP contribution in [-0.4, -0.2) is 26.2 Å². The van der Waals surface area contributed by atoms with Crippen molar-refractivity contribution in [3.8, 4) is 0 Å². The van der Waals surface area contributed by atoms with Crippen LogP contribution in [0.3, 0.4) is 0 Å². The maximum Gasteiger partial charge on any atom is 0.238 e. The molecular weight excluding hydrogens is 254 g/mol. The predicted molar refractivity (Wildman–Crippen MR) is 71.6 cm³/mol. The van der Waals surface area contributed by atoms with Crippen LogP contribution in [0.4, 0.5) is 11.4 Å². The molecule has 18 heavy (non-hydrogen) atoms. The van der Waals surface area contributed by atoms with E-state index < -0.39 is 10.0 Å². The molecule has 7 heteroatoms. The summed E-state index contributed by atoms with van der Waals surface area (Å²) in [5.74, 6) is 0.215. The third-order valence-corrected chi connectivity index (χ3v) is 3.60. The summed E-state index contributed by atoms with van der Waals surface area (Å²) in [6, 6.07) is 4.07. The Bertz CT molecular complexity index is 514. The SMILES string of the molecule is CC(C)[C@@H](CO)Nc1ccc(S(N)(=O)=O)cc1N. The lowest BCUT2D eigenvalue weighted by molar-refractivity contribution is 0.249. The van der Waals surface area contributed by atoms with Gasteiger partial charge in [0.25, 0.3) is 0 Å². The van der Waals surface area contributed by atoms with E-state index in [4.69, 9.17) is 10.9 Å². The summed E-state index contributed by atoms with van der Waals surface area (Å²) in [6.07, 6.45) is 0. The van der Waals surface area contributed by atoms with E-state index in [0.29, 0.717) is 5.69 Å². The maximum absolute atomic E-state index is 11.1. The fourth-order valence-electron chi connectivity index (χ4n) is 1.47. The number of anilines is 2. The molecule has 0 fully saturated rings. The number of hydrogen-bond donors (Lipinski definition) is 4. The molecule has 6 nitrogen and oxygen atoms in total. The molecule has 1 atom stereocenters. The highest BCUT2D eigenvalue weighted by molar-refractivity contribution is 7.89. The zero-order valence-electron chi connectivity index (χ0n) is 10.4. The second-order valence-electron chi connectivity index (χ2n) is 4.47. The molecule has 0 bridgehead atoms. The molecule has 0 aromatic heterocycles. The quantitative estimate of drug-likeness (QED) is 0.577. The van der Waals surface area contributed by atoms with Crippen molar-refractivity contribution >= 4 is 21.4 Å². The molecule has 1 aromatic rings. The Balaban J connectivity index is 3.00. The van der Waals surface area contributed by atoms with Gasteiger partial charge in [0.15, 0.2) is 0 Å². The topological polar surface area (TPSA) is 118 Å². The van der Waals surface area contributed by atoms with Crippen molar-refractivity contribution in [3.63, 3.8) is 0 Å². The van der Waals surface area contributed by atoms with Gasteiger partial charge in [-0.05, 0) is 24.1 Å². The first-order chi connectivity index (χ1) is 8.25. The number of nitrogens with one attached hydrogen (secondary N) is 1. The highest BCUT2D eigenvalue weighted by atomic mass is 32.2. The Morgan fingerprint density at radius 3 is 2.39 bits per heavy atom. The third kappa shape index (κ3) is 3.59. The lowest BCUT2D eigenvalue weighted by Gasteiger charge is -2.22. The Hall–Kier alpha value is -1.31. The first-order valence-corrected chi connectivity index (χ1v) is 7.10. The number of aliphatic hydroxyl groups is 1. The van der Waals surface area contributed by atoms with E-state index in [9.17, 15) is 13.5 Å². The lowest BCUT2D eigenvalue weighted by Crippen LogP contribution is -2.29. The summed E-state index contributed by atoms with van der Waals surface area (Å²) in [7, 11) is -3.75. The average Bonchev–Trinajstić information content (AvgIpc) is 2.25. The summed E-state index contributed by atoms with van der Waals surface area (Å²) >= 11 is 0. The van der Waals surface area contributed by atoms with Gasteiger partial charge in [0.1, 0.15) is 0 Å². The van der Waals surface area contributed by atoms with Crippen molar-refractivity contribution in [1.29, 1.82) is 0 Å². The van der Waals surface area contributed by atoms with Gasteiger partial charge in [0, 0.05) is 0 Å². The lowest BCUT2D eigenvalue weighted by atomic mass is 10.0. The van der Waals surface area contributed by atoms with Crippen LogP contribution in [0.5, 0.6) is 0 Å². The minimum absolute atomic E-state index is 0.0318. The van der Waals surface area contributed by atoms with Crippen molar-refractivity contribution < 1.29 is 13.5 Å². The molecule has 102 valence electrons. The number of nitrogens with two attached hydrogens (primary N) is 2. The number of rotatable bonds is 5. The van der Waals surface area contributed by atoms with Gasteiger partial charge in [-0.3, -0.25) is 0 Å². The van der Waals surface area contributed by atoms with Crippen molar-refractivity contribution in [3.05, 3.63) is 18.2 Å². The zero-order chi connectivity index (χ0) is 13.9. The number of aliphatic hydroxyl groups excluding tert-OH is 1. The monoisotopic (exact) mass is 273 g/mol. The third-order valence-electron chi connectivity index (χ3n) is 2.69.